The number of carbonyl (C=O) groups is 1. The van der Waals surface area contributed by atoms with Crippen LogP contribution in [-0.2, 0) is 11.2 Å². The highest BCUT2D eigenvalue weighted by atomic mass is 19.1. The first-order valence-electron chi connectivity index (χ1n) is 6.55. The van der Waals surface area contributed by atoms with Gasteiger partial charge in [-0.1, -0.05) is 22.4 Å². The molecule has 2 heterocycles. The Kier molecular flexibility index (Phi) is 3.69. The van der Waals surface area contributed by atoms with E-state index in [1.54, 1.807) is 31.2 Å². The minimum atomic E-state index is -0.410. The topological polar surface area (TPSA) is 81.2 Å². The molecule has 0 aliphatic carbocycles. The first-order chi connectivity index (χ1) is 10.6. The lowest BCUT2D eigenvalue weighted by Gasteiger charge is -1.97. The molecular weight excluding hydrogens is 289 g/mol. The first-order valence-corrected chi connectivity index (χ1v) is 6.55. The molecule has 22 heavy (non-hydrogen) atoms. The zero-order valence-corrected chi connectivity index (χ0v) is 11.7. The molecule has 0 fully saturated rings. The smallest absolute Gasteiger partial charge is 0.231 e. The number of amides is 1. The summed E-state index contributed by atoms with van der Waals surface area (Å²) in [7, 11) is 0. The number of nitrogens with one attached hydrogen (secondary N) is 1. The van der Waals surface area contributed by atoms with Gasteiger partial charge in [0.2, 0.25) is 5.91 Å². The van der Waals surface area contributed by atoms with E-state index < -0.39 is 5.82 Å². The Bertz CT molecular complexity index is 810. The summed E-state index contributed by atoms with van der Waals surface area (Å²) < 4.78 is 23.6. The van der Waals surface area contributed by atoms with Crippen LogP contribution in [0.15, 0.2) is 45.4 Å². The zero-order chi connectivity index (χ0) is 15.5. The summed E-state index contributed by atoms with van der Waals surface area (Å²) >= 11 is 0. The van der Waals surface area contributed by atoms with E-state index >= 15 is 0 Å². The maximum Gasteiger partial charge on any atom is 0.231 e. The van der Waals surface area contributed by atoms with E-state index in [2.05, 4.69) is 15.6 Å². The molecule has 0 spiro atoms. The molecule has 0 saturated heterocycles. The molecule has 0 aliphatic rings. The van der Waals surface area contributed by atoms with E-state index in [1.807, 2.05) is 0 Å². The Morgan fingerprint density at radius 2 is 2.05 bits per heavy atom. The van der Waals surface area contributed by atoms with Crippen LogP contribution in [0.25, 0.3) is 11.3 Å². The second kappa shape index (κ2) is 5.80. The third-order valence-electron chi connectivity index (χ3n) is 2.94. The number of hydrogen-bond donors (Lipinski definition) is 1. The molecule has 3 rings (SSSR count). The highest BCUT2D eigenvalue weighted by Crippen LogP contribution is 2.23. The van der Waals surface area contributed by atoms with Gasteiger partial charge >= 0.3 is 0 Å². The number of carbonyl (C=O) groups excluding carboxylic acids is 1. The average molecular weight is 301 g/mol. The fourth-order valence-electron chi connectivity index (χ4n) is 1.96. The Hall–Kier alpha value is -2.96. The third kappa shape index (κ3) is 3.03. The molecule has 1 amide bonds. The van der Waals surface area contributed by atoms with Gasteiger partial charge in [0.05, 0.1) is 17.7 Å². The van der Waals surface area contributed by atoms with Gasteiger partial charge in [0.15, 0.2) is 11.6 Å². The summed E-state index contributed by atoms with van der Waals surface area (Å²) in [5.74, 6) is 0.478. The Balaban J connectivity index is 1.69. The lowest BCUT2D eigenvalue weighted by Crippen LogP contribution is -2.14. The number of benzene rings is 1. The van der Waals surface area contributed by atoms with Crippen molar-refractivity contribution in [2.45, 2.75) is 13.3 Å². The van der Waals surface area contributed by atoms with Gasteiger partial charge in [0.1, 0.15) is 11.6 Å². The van der Waals surface area contributed by atoms with E-state index in [4.69, 9.17) is 9.05 Å². The molecule has 0 aliphatic heterocycles. The lowest BCUT2D eigenvalue weighted by molar-refractivity contribution is -0.115. The van der Waals surface area contributed by atoms with Gasteiger partial charge in [-0.3, -0.25) is 4.79 Å². The number of rotatable bonds is 4. The van der Waals surface area contributed by atoms with Crippen molar-refractivity contribution in [1.82, 2.24) is 10.3 Å². The van der Waals surface area contributed by atoms with Crippen LogP contribution in [0.1, 0.15) is 11.5 Å². The largest absolute Gasteiger partial charge is 0.360 e. The molecule has 1 aromatic carbocycles. The number of halogens is 1. The SMILES string of the molecule is Cc1cc(NC(=O)Cc2cc(-c3ccccc3F)on2)no1. The van der Waals surface area contributed by atoms with Gasteiger partial charge < -0.3 is 14.4 Å². The number of aryl methyl sites for hydroxylation is 1. The number of nitrogens with zero attached hydrogens (tertiary/aromatic N) is 2. The van der Waals surface area contributed by atoms with Crippen LogP contribution in [-0.4, -0.2) is 16.2 Å². The molecule has 7 heteroatoms. The van der Waals surface area contributed by atoms with Gasteiger partial charge in [-0.2, -0.15) is 0 Å². The normalized spacial score (nSPS) is 10.6. The predicted molar refractivity (Wildman–Crippen MR) is 75.5 cm³/mol. The van der Waals surface area contributed by atoms with Crippen molar-refractivity contribution in [2.24, 2.45) is 0 Å². The highest BCUT2D eigenvalue weighted by Gasteiger charge is 2.14. The summed E-state index contributed by atoms with van der Waals surface area (Å²) in [6, 6.07) is 9.33. The van der Waals surface area contributed by atoms with Gasteiger partial charge in [-0.25, -0.2) is 4.39 Å². The molecule has 3 aromatic rings. The van der Waals surface area contributed by atoms with Crippen LogP contribution in [0, 0.1) is 12.7 Å². The summed E-state index contributed by atoms with van der Waals surface area (Å²) in [6.07, 6.45) is -0.0101. The van der Waals surface area contributed by atoms with E-state index in [0.29, 0.717) is 22.8 Å². The van der Waals surface area contributed by atoms with Crippen molar-refractivity contribution in [3.05, 3.63) is 53.7 Å². The Morgan fingerprint density at radius 1 is 1.23 bits per heavy atom. The van der Waals surface area contributed by atoms with Crippen LogP contribution in [0.4, 0.5) is 10.2 Å². The second-order valence-corrected chi connectivity index (χ2v) is 4.71. The lowest BCUT2D eigenvalue weighted by atomic mass is 10.1. The zero-order valence-electron chi connectivity index (χ0n) is 11.7. The van der Waals surface area contributed by atoms with E-state index in [9.17, 15) is 9.18 Å². The molecule has 0 saturated carbocycles. The molecule has 0 radical (unpaired) electrons. The summed E-state index contributed by atoms with van der Waals surface area (Å²) in [5, 5.41) is 10.0. The molecule has 1 N–H and O–H groups in total. The van der Waals surface area contributed by atoms with Gasteiger partial charge in [-0.15, -0.1) is 0 Å². The van der Waals surface area contributed by atoms with Crippen LogP contribution in [0.2, 0.25) is 0 Å². The van der Waals surface area contributed by atoms with Crippen molar-refractivity contribution in [2.75, 3.05) is 5.32 Å². The van der Waals surface area contributed by atoms with Crippen LogP contribution in [0.5, 0.6) is 0 Å². The minimum Gasteiger partial charge on any atom is -0.360 e. The number of anilines is 1. The maximum atomic E-state index is 13.7. The van der Waals surface area contributed by atoms with Crippen molar-refractivity contribution >= 4 is 11.7 Å². The van der Waals surface area contributed by atoms with Crippen LogP contribution >= 0.6 is 0 Å². The standard InChI is InChI=1S/C15H12FN3O3/c1-9-6-14(19-21-9)17-15(20)8-10-7-13(22-18-10)11-4-2-3-5-12(11)16/h2-7H,8H2,1H3,(H,17,19,20). The predicted octanol–water partition coefficient (Wildman–Crippen LogP) is 2.96. The maximum absolute atomic E-state index is 13.7. The highest BCUT2D eigenvalue weighted by molar-refractivity contribution is 5.91. The van der Waals surface area contributed by atoms with Crippen molar-refractivity contribution in [1.29, 1.82) is 0 Å². The molecule has 0 unspecified atom stereocenters. The van der Waals surface area contributed by atoms with Gasteiger partial charge in [0.25, 0.3) is 0 Å². The van der Waals surface area contributed by atoms with Crippen LogP contribution < -0.4 is 5.32 Å². The average Bonchev–Trinajstić information content (AvgIpc) is 3.09. The summed E-state index contributed by atoms with van der Waals surface area (Å²) in [6.45, 7) is 1.72. The number of aromatic nitrogens is 2. The van der Waals surface area contributed by atoms with E-state index in [0.717, 1.165) is 0 Å². The van der Waals surface area contributed by atoms with Gasteiger partial charge in [-0.05, 0) is 19.1 Å². The molecule has 0 atom stereocenters. The molecule has 2 aromatic heterocycles. The molecule has 0 bridgehead atoms. The fourth-order valence-corrected chi connectivity index (χ4v) is 1.96. The molecule has 112 valence electrons. The minimum absolute atomic E-state index is 0.0101. The Morgan fingerprint density at radius 3 is 2.77 bits per heavy atom. The van der Waals surface area contributed by atoms with Crippen molar-refractivity contribution < 1.29 is 18.2 Å². The Labute approximate surface area is 124 Å². The van der Waals surface area contributed by atoms with Crippen LogP contribution in [0.3, 0.4) is 0 Å². The monoisotopic (exact) mass is 301 g/mol. The quantitative estimate of drug-likeness (QED) is 0.801. The molecule has 6 nitrogen and oxygen atoms in total. The second-order valence-electron chi connectivity index (χ2n) is 4.71. The summed E-state index contributed by atoms with van der Waals surface area (Å²) in [4.78, 5) is 11.9. The van der Waals surface area contributed by atoms with E-state index in [1.165, 1.54) is 12.1 Å². The van der Waals surface area contributed by atoms with E-state index in [-0.39, 0.29) is 18.1 Å². The first kappa shape index (κ1) is 14.0. The number of hydrogen-bond acceptors (Lipinski definition) is 5. The fraction of sp³-hybridized carbons (Fsp3) is 0.133. The van der Waals surface area contributed by atoms with Crippen molar-refractivity contribution in [3.8, 4) is 11.3 Å². The van der Waals surface area contributed by atoms with Crippen molar-refractivity contribution in [3.63, 3.8) is 0 Å². The van der Waals surface area contributed by atoms with Gasteiger partial charge in [0, 0.05) is 12.1 Å². The third-order valence-corrected chi connectivity index (χ3v) is 2.94. The summed E-state index contributed by atoms with van der Waals surface area (Å²) in [5.41, 5.74) is 0.699. The molecular formula is C15H12FN3O3.